The maximum absolute atomic E-state index is 9.77. The Morgan fingerprint density at radius 3 is 2.90 bits per heavy atom. The third-order valence-corrected chi connectivity index (χ3v) is 4.08. The second kappa shape index (κ2) is 7.16. The number of aliphatic hydroxyl groups excluding tert-OH is 1. The van der Waals surface area contributed by atoms with Gasteiger partial charge in [0, 0.05) is 30.8 Å². The molecule has 1 fully saturated rings. The van der Waals surface area contributed by atoms with Crippen LogP contribution in [0.15, 0.2) is 18.2 Å². The standard InChI is InChI=1S/C16H26N2O2/c1-3-18(10-15-7-4-6-14(2)17-15)11-16(12-19)8-5-9-20-13-16/h4,6-7,19H,3,5,8-13H2,1-2H3. The van der Waals surface area contributed by atoms with Crippen molar-refractivity contribution >= 4 is 0 Å². The second-order valence-electron chi connectivity index (χ2n) is 5.89. The maximum atomic E-state index is 9.77. The molecule has 1 aromatic heterocycles. The zero-order valence-corrected chi connectivity index (χ0v) is 12.6. The van der Waals surface area contributed by atoms with Crippen LogP contribution in [-0.2, 0) is 11.3 Å². The number of ether oxygens (including phenoxy) is 1. The van der Waals surface area contributed by atoms with Crippen LogP contribution in [-0.4, -0.2) is 47.9 Å². The minimum atomic E-state index is -0.0991. The molecule has 20 heavy (non-hydrogen) atoms. The van der Waals surface area contributed by atoms with E-state index in [2.05, 4.69) is 28.9 Å². The van der Waals surface area contributed by atoms with E-state index in [4.69, 9.17) is 4.74 Å². The predicted octanol–water partition coefficient (Wildman–Crippen LogP) is 2.00. The third kappa shape index (κ3) is 4.01. The number of rotatable bonds is 6. The number of nitrogens with zero attached hydrogens (tertiary/aromatic N) is 2. The molecule has 1 N–H and O–H groups in total. The fourth-order valence-electron chi connectivity index (χ4n) is 2.88. The zero-order chi connectivity index (χ0) is 14.4. The average Bonchev–Trinajstić information content (AvgIpc) is 2.47. The van der Waals surface area contributed by atoms with Gasteiger partial charge in [-0.1, -0.05) is 13.0 Å². The molecule has 1 aliphatic heterocycles. The number of hydrogen-bond acceptors (Lipinski definition) is 4. The Kier molecular flexibility index (Phi) is 5.52. The summed E-state index contributed by atoms with van der Waals surface area (Å²) in [7, 11) is 0. The van der Waals surface area contributed by atoms with E-state index in [-0.39, 0.29) is 12.0 Å². The number of hydrogen-bond donors (Lipinski definition) is 1. The minimum Gasteiger partial charge on any atom is -0.396 e. The van der Waals surface area contributed by atoms with Crippen LogP contribution in [0.2, 0.25) is 0 Å². The summed E-state index contributed by atoms with van der Waals surface area (Å²) < 4.78 is 5.59. The van der Waals surface area contributed by atoms with Gasteiger partial charge in [-0.3, -0.25) is 9.88 Å². The molecule has 112 valence electrons. The summed E-state index contributed by atoms with van der Waals surface area (Å²) in [5.74, 6) is 0. The molecule has 0 aromatic carbocycles. The molecule has 0 bridgehead atoms. The lowest BCUT2D eigenvalue weighted by atomic mass is 9.82. The number of aromatic nitrogens is 1. The fraction of sp³-hybridized carbons (Fsp3) is 0.688. The normalized spacial score (nSPS) is 23.2. The molecule has 2 rings (SSSR count). The molecule has 4 heteroatoms. The predicted molar refractivity (Wildman–Crippen MR) is 79.5 cm³/mol. The van der Waals surface area contributed by atoms with Crippen molar-refractivity contribution < 1.29 is 9.84 Å². The van der Waals surface area contributed by atoms with Gasteiger partial charge in [-0.05, 0) is 38.4 Å². The quantitative estimate of drug-likeness (QED) is 0.864. The van der Waals surface area contributed by atoms with Gasteiger partial charge in [0.1, 0.15) is 0 Å². The maximum Gasteiger partial charge on any atom is 0.0556 e. The van der Waals surface area contributed by atoms with Crippen LogP contribution in [0.25, 0.3) is 0 Å². The van der Waals surface area contributed by atoms with Crippen molar-refractivity contribution in [2.24, 2.45) is 5.41 Å². The fourth-order valence-corrected chi connectivity index (χ4v) is 2.88. The molecule has 1 atom stereocenters. The molecule has 4 nitrogen and oxygen atoms in total. The highest BCUT2D eigenvalue weighted by atomic mass is 16.5. The molecule has 1 saturated heterocycles. The van der Waals surface area contributed by atoms with Gasteiger partial charge in [0.15, 0.2) is 0 Å². The first-order valence-corrected chi connectivity index (χ1v) is 7.51. The second-order valence-corrected chi connectivity index (χ2v) is 5.89. The molecule has 0 radical (unpaired) electrons. The van der Waals surface area contributed by atoms with Gasteiger partial charge >= 0.3 is 0 Å². The van der Waals surface area contributed by atoms with Crippen LogP contribution in [0.4, 0.5) is 0 Å². The smallest absolute Gasteiger partial charge is 0.0556 e. The monoisotopic (exact) mass is 278 g/mol. The van der Waals surface area contributed by atoms with Gasteiger partial charge in [-0.15, -0.1) is 0 Å². The molecule has 0 aliphatic carbocycles. The topological polar surface area (TPSA) is 45.6 Å². The van der Waals surface area contributed by atoms with E-state index < -0.39 is 0 Å². The summed E-state index contributed by atoms with van der Waals surface area (Å²) in [6.45, 7) is 8.53. The van der Waals surface area contributed by atoms with Gasteiger partial charge in [-0.25, -0.2) is 0 Å². The molecular formula is C16H26N2O2. The van der Waals surface area contributed by atoms with Crippen molar-refractivity contribution in [2.75, 3.05) is 32.9 Å². The van der Waals surface area contributed by atoms with Crippen molar-refractivity contribution in [3.05, 3.63) is 29.6 Å². The molecular weight excluding hydrogens is 252 g/mol. The summed E-state index contributed by atoms with van der Waals surface area (Å²) in [5.41, 5.74) is 2.05. The van der Waals surface area contributed by atoms with Crippen molar-refractivity contribution in [3.8, 4) is 0 Å². The largest absolute Gasteiger partial charge is 0.396 e. The lowest BCUT2D eigenvalue weighted by molar-refractivity contribution is -0.0559. The third-order valence-electron chi connectivity index (χ3n) is 4.08. The van der Waals surface area contributed by atoms with Crippen LogP contribution in [0, 0.1) is 12.3 Å². The van der Waals surface area contributed by atoms with Crippen LogP contribution < -0.4 is 0 Å². The van der Waals surface area contributed by atoms with E-state index >= 15 is 0 Å². The Morgan fingerprint density at radius 2 is 2.30 bits per heavy atom. The Hall–Kier alpha value is -0.970. The highest BCUT2D eigenvalue weighted by Crippen LogP contribution is 2.29. The molecule has 0 saturated carbocycles. The van der Waals surface area contributed by atoms with E-state index in [1.807, 2.05) is 13.0 Å². The minimum absolute atomic E-state index is 0.0991. The van der Waals surface area contributed by atoms with Gasteiger partial charge in [0.25, 0.3) is 0 Å². The number of aliphatic hydroxyl groups is 1. The van der Waals surface area contributed by atoms with E-state index in [0.29, 0.717) is 6.61 Å². The molecule has 0 amide bonds. The van der Waals surface area contributed by atoms with Crippen LogP contribution in [0.5, 0.6) is 0 Å². The van der Waals surface area contributed by atoms with Crippen LogP contribution in [0.3, 0.4) is 0 Å². The Bertz CT molecular complexity index is 417. The Labute approximate surface area is 121 Å². The first-order chi connectivity index (χ1) is 9.67. The summed E-state index contributed by atoms with van der Waals surface area (Å²) >= 11 is 0. The Morgan fingerprint density at radius 1 is 1.45 bits per heavy atom. The number of aryl methyl sites for hydroxylation is 1. The lowest BCUT2D eigenvalue weighted by Gasteiger charge is -2.39. The van der Waals surface area contributed by atoms with Crippen molar-refractivity contribution in [2.45, 2.75) is 33.2 Å². The van der Waals surface area contributed by atoms with Gasteiger partial charge in [-0.2, -0.15) is 0 Å². The molecule has 2 heterocycles. The van der Waals surface area contributed by atoms with Crippen LogP contribution >= 0.6 is 0 Å². The van der Waals surface area contributed by atoms with Gasteiger partial charge in [0.2, 0.25) is 0 Å². The summed E-state index contributed by atoms with van der Waals surface area (Å²) in [6, 6.07) is 6.14. The van der Waals surface area contributed by atoms with E-state index in [1.165, 1.54) is 0 Å². The first kappa shape index (κ1) is 15.4. The van der Waals surface area contributed by atoms with Gasteiger partial charge < -0.3 is 9.84 Å². The van der Waals surface area contributed by atoms with E-state index in [0.717, 1.165) is 50.5 Å². The zero-order valence-electron chi connectivity index (χ0n) is 12.6. The van der Waals surface area contributed by atoms with E-state index in [1.54, 1.807) is 0 Å². The SMILES string of the molecule is CCN(Cc1cccc(C)n1)CC1(CO)CCCOC1. The van der Waals surface area contributed by atoms with Crippen LogP contribution in [0.1, 0.15) is 31.2 Å². The number of pyridine rings is 1. The van der Waals surface area contributed by atoms with Gasteiger partial charge in [0.05, 0.1) is 18.9 Å². The first-order valence-electron chi connectivity index (χ1n) is 7.51. The van der Waals surface area contributed by atoms with Crippen molar-refractivity contribution in [1.29, 1.82) is 0 Å². The summed E-state index contributed by atoms with van der Waals surface area (Å²) in [6.07, 6.45) is 2.09. The summed E-state index contributed by atoms with van der Waals surface area (Å²) in [4.78, 5) is 6.92. The summed E-state index contributed by atoms with van der Waals surface area (Å²) in [5, 5.41) is 9.77. The lowest BCUT2D eigenvalue weighted by Crippen LogP contribution is -2.45. The van der Waals surface area contributed by atoms with Crippen molar-refractivity contribution in [1.82, 2.24) is 9.88 Å². The molecule has 1 aromatic rings. The van der Waals surface area contributed by atoms with E-state index in [9.17, 15) is 5.11 Å². The Balaban J connectivity index is 2.00. The average molecular weight is 278 g/mol. The molecule has 0 spiro atoms. The highest BCUT2D eigenvalue weighted by molar-refractivity contribution is 5.09. The highest BCUT2D eigenvalue weighted by Gasteiger charge is 2.34. The molecule has 1 aliphatic rings. The van der Waals surface area contributed by atoms with Crippen molar-refractivity contribution in [3.63, 3.8) is 0 Å². The molecule has 1 unspecified atom stereocenters.